The van der Waals surface area contributed by atoms with Crippen LogP contribution in [0.25, 0.3) is 6.08 Å². The van der Waals surface area contributed by atoms with E-state index in [0.717, 1.165) is 6.54 Å². The molecule has 2 heterocycles. The number of fused-ring (bicyclic) bond motifs is 1. The van der Waals surface area contributed by atoms with Gasteiger partial charge in [-0.05, 0) is 23.9 Å². The molecule has 0 radical (unpaired) electrons. The van der Waals surface area contributed by atoms with Crippen molar-refractivity contribution in [2.45, 2.75) is 13.3 Å². The zero-order chi connectivity index (χ0) is 8.39. The largest absolute Gasteiger partial charge is 0.387 e. The highest BCUT2D eigenvalue weighted by atomic mass is 16.5. The van der Waals surface area contributed by atoms with Gasteiger partial charge in [-0.25, -0.2) is 0 Å². The molecular weight excluding hydrogens is 152 g/mol. The van der Waals surface area contributed by atoms with Crippen LogP contribution in [0.3, 0.4) is 0 Å². The van der Waals surface area contributed by atoms with Crippen molar-refractivity contribution in [1.82, 2.24) is 9.88 Å². The number of rotatable bonds is 2. The molecule has 0 amide bonds. The number of hydrogen-bond acceptors (Lipinski definition) is 2. The summed E-state index contributed by atoms with van der Waals surface area (Å²) in [4.78, 5) is 0. The van der Waals surface area contributed by atoms with Gasteiger partial charge in [0.1, 0.15) is 6.73 Å². The van der Waals surface area contributed by atoms with Crippen LogP contribution in [0, 0.1) is 0 Å². The molecular formula is C9H12N2O. The van der Waals surface area contributed by atoms with Gasteiger partial charge in [-0.2, -0.15) is 0 Å². The summed E-state index contributed by atoms with van der Waals surface area (Å²) < 4.78 is 7.15. The molecule has 1 aliphatic rings. The molecule has 3 heteroatoms. The summed E-state index contributed by atoms with van der Waals surface area (Å²) in [6, 6.07) is 2.12. The Morgan fingerprint density at radius 1 is 1.67 bits per heavy atom. The van der Waals surface area contributed by atoms with E-state index in [9.17, 15) is 0 Å². The predicted molar refractivity (Wildman–Crippen MR) is 47.3 cm³/mol. The Morgan fingerprint density at radius 3 is 3.42 bits per heavy atom. The van der Waals surface area contributed by atoms with Crippen LogP contribution in [0.5, 0.6) is 0 Å². The zero-order valence-corrected chi connectivity index (χ0v) is 7.08. The van der Waals surface area contributed by atoms with E-state index in [4.69, 9.17) is 4.74 Å². The molecule has 1 aliphatic heterocycles. The van der Waals surface area contributed by atoms with Crippen molar-refractivity contribution < 1.29 is 4.74 Å². The molecule has 3 nitrogen and oxygen atoms in total. The van der Waals surface area contributed by atoms with Gasteiger partial charge in [-0.1, -0.05) is 0 Å². The lowest BCUT2D eigenvalue weighted by molar-refractivity contribution is 0.131. The predicted octanol–water partition coefficient (Wildman–Crippen LogP) is 1.17. The second kappa shape index (κ2) is 3.03. The molecule has 0 aromatic carbocycles. The van der Waals surface area contributed by atoms with Gasteiger partial charge in [0, 0.05) is 25.5 Å². The topological polar surface area (TPSA) is 26.2 Å². The molecule has 0 saturated heterocycles. The van der Waals surface area contributed by atoms with Crippen LogP contribution in [0.1, 0.15) is 11.3 Å². The van der Waals surface area contributed by atoms with Gasteiger partial charge in [-0.15, -0.1) is 0 Å². The monoisotopic (exact) mass is 164 g/mol. The molecule has 0 bridgehead atoms. The SMILES string of the molecule is COCn1ccc2c1C=CNC2. The average Bonchev–Trinajstić information content (AvgIpc) is 2.50. The molecule has 0 saturated carbocycles. The number of methoxy groups -OCH3 is 1. The molecule has 1 aromatic rings. The first-order valence-corrected chi connectivity index (χ1v) is 3.98. The molecule has 2 rings (SSSR count). The molecule has 64 valence electrons. The van der Waals surface area contributed by atoms with Crippen molar-refractivity contribution >= 4 is 6.08 Å². The Morgan fingerprint density at radius 2 is 2.58 bits per heavy atom. The number of nitrogens with one attached hydrogen (secondary N) is 1. The Balaban J connectivity index is 2.34. The van der Waals surface area contributed by atoms with Crippen molar-refractivity contribution in [3.63, 3.8) is 0 Å². The fourth-order valence-corrected chi connectivity index (χ4v) is 1.44. The molecule has 1 aromatic heterocycles. The number of nitrogens with zero attached hydrogens (tertiary/aromatic N) is 1. The van der Waals surface area contributed by atoms with Crippen molar-refractivity contribution in [1.29, 1.82) is 0 Å². The van der Waals surface area contributed by atoms with Crippen molar-refractivity contribution in [2.75, 3.05) is 7.11 Å². The summed E-state index contributed by atoms with van der Waals surface area (Å²) >= 11 is 0. The van der Waals surface area contributed by atoms with Crippen LogP contribution < -0.4 is 5.32 Å². The number of ether oxygens (including phenoxy) is 1. The first kappa shape index (κ1) is 7.43. The normalized spacial score (nSPS) is 14.1. The van der Waals surface area contributed by atoms with Crippen LogP contribution in [0.2, 0.25) is 0 Å². The molecule has 0 spiro atoms. The quantitative estimate of drug-likeness (QED) is 0.710. The molecule has 0 unspecified atom stereocenters. The zero-order valence-electron chi connectivity index (χ0n) is 7.08. The Bertz CT molecular complexity index is 301. The minimum Gasteiger partial charge on any atom is -0.387 e. The van der Waals surface area contributed by atoms with Crippen molar-refractivity contribution in [3.8, 4) is 0 Å². The van der Waals surface area contributed by atoms with E-state index >= 15 is 0 Å². The van der Waals surface area contributed by atoms with E-state index in [1.165, 1.54) is 11.3 Å². The van der Waals surface area contributed by atoms with E-state index in [2.05, 4.69) is 22.0 Å². The van der Waals surface area contributed by atoms with Gasteiger partial charge in [0.25, 0.3) is 0 Å². The van der Waals surface area contributed by atoms with E-state index in [1.54, 1.807) is 7.11 Å². The highest BCUT2D eigenvalue weighted by Gasteiger charge is 2.07. The fourth-order valence-electron chi connectivity index (χ4n) is 1.44. The van der Waals surface area contributed by atoms with Gasteiger partial charge >= 0.3 is 0 Å². The van der Waals surface area contributed by atoms with Crippen LogP contribution >= 0.6 is 0 Å². The maximum Gasteiger partial charge on any atom is 0.122 e. The summed E-state index contributed by atoms with van der Waals surface area (Å²) in [5.74, 6) is 0. The summed E-state index contributed by atoms with van der Waals surface area (Å²) in [5, 5.41) is 3.16. The lowest BCUT2D eigenvalue weighted by Gasteiger charge is -2.10. The van der Waals surface area contributed by atoms with Crippen LogP contribution in [-0.4, -0.2) is 11.7 Å². The van der Waals surface area contributed by atoms with Crippen LogP contribution in [0.15, 0.2) is 18.5 Å². The lowest BCUT2D eigenvalue weighted by Crippen LogP contribution is -2.11. The van der Waals surface area contributed by atoms with Gasteiger partial charge in [0.2, 0.25) is 0 Å². The van der Waals surface area contributed by atoms with Gasteiger partial charge < -0.3 is 14.6 Å². The van der Waals surface area contributed by atoms with E-state index in [1.807, 2.05) is 12.4 Å². The molecule has 0 atom stereocenters. The maximum atomic E-state index is 5.06. The highest BCUT2D eigenvalue weighted by molar-refractivity contribution is 5.52. The van der Waals surface area contributed by atoms with Crippen molar-refractivity contribution in [2.24, 2.45) is 0 Å². The first-order valence-electron chi connectivity index (χ1n) is 3.98. The second-order valence-electron chi connectivity index (χ2n) is 2.83. The van der Waals surface area contributed by atoms with Crippen LogP contribution in [0.4, 0.5) is 0 Å². The highest BCUT2D eigenvalue weighted by Crippen LogP contribution is 2.15. The third-order valence-corrected chi connectivity index (χ3v) is 2.01. The second-order valence-corrected chi connectivity index (χ2v) is 2.83. The Labute approximate surface area is 71.6 Å². The maximum absolute atomic E-state index is 5.06. The molecule has 12 heavy (non-hydrogen) atoms. The third-order valence-electron chi connectivity index (χ3n) is 2.01. The van der Waals surface area contributed by atoms with E-state index in [0.29, 0.717) is 6.73 Å². The lowest BCUT2D eigenvalue weighted by atomic mass is 10.2. The average molecular weight is 164 g/mol. The van der Waals surface area contributed by atoms with E-state index in [-0.39, 0.29) is 0 Å². The van der Waals surface area contributed by atoms with Crippen LogP contribution in [-0.2, 0) is 18.0 Å². The fraction of sp³-hybridized carbons (Fsp3) is 0.333. The minimum absolute atomic E-state index is 0.625. The third kappa shape index (κ3) is 1.12. The Hall–Kier alpha value is -1.22. The summed E-state index contributed by atoms with van der Waals surface area (Å²) in [6.45, 7) is 1.54. The first-order chi connectivity index (χ1) is 5.92. The molecule has 0 aliphatic carbocycles. The van der Waals surface area contributed by atoms with Gasteiger partial charge in [0.15, 0.2) is 0 Å². The number of aromatic nitrogens is 1. The summed E-state index contributed by atoms with van der Waals surface area (Å²) in [6.07, 6.45) is 6.08. The van der Waals surface area contributed by atoms with E-state index < -0.39 is 0 Å². The Kier molecular flexibility index (Phi) is 1.87. The summed E-state index contributed by atoms with van der Waals surface area (Å²) in [5.41, 5.74) is 2.57. The molecule has 0 fully saturated rings. The summed E-state index contributed by atoms with van der Waals surface area (Å²) in [7, 11) is 1.71. The van der Waals surface area contributed by atoms with Gasteiger partial charge in [0.05, 0.1) is 0 Å². The number of hydrogen-bond donors (Lipinski definition) is 1. The smallest absolute Gasteiger partial charge is 0.122 e. The minimum atomic E-state index is 0.625. The van der Waals surface area contributed by atoms with Crippen molar-refractivity contribution in [3.05, 3.63) is 29.7 Å². The van der Waals surface area contributed by atoms with Gasteiger partial charge in [-0.3, -0.25) is 0 Å². The standard InChI is InChI=1S/C9H12N2O/c1-12-7-11-5-3-8-6-10-4-2-9(8)11/h2-5,10H,6-7H2,1H3. The molecule has 1 N–H and O–H groups in total.